The number of carbonyl (C=O) groups is 1. The zero-order valence-electron chi connectivity index (χ0n) is 15.3. The number of nitrogens with zero attached hydrogens (tertiary/aromatic N) is 3. The van der Waals surface area contributed by atoms with Crippen molar-refractivity contribution in [3.8, 4) is 0 Å². The SMILES string of the molecule is COC1=C/C(=C/c2c(N)n3nc(Cc4ccc(Cl)cc4)sc3nc2=O)C=CC1=O. The minimum Gasteiger partial charge on any atom is -0.493 e. The molecule has 0 saturated carbocycles. The molecule has 4 rings (SSSR count). The van der Waals surface area contributed by atoms with Gasteiger partial charge in [0.1, 0.15) is 10.8 Å². The van der Waals surface area contributed by atoms with E-state index in [-0.39, 0.29) is 22.9 Å². The third-order valence-electron chi connectivity index (χ3n) is 4.30. The summed E-state index contributed by atoms with van der Waals surface area (Å²) in [7, 11) is 1.41. The highest BCUT2D eigenvalue weighted by Crippen LogP contribution is 2.22. The number of halogens is 1. The monoisotopic (exact) mass is 426 g/mol. The Kier molecular flexibility index (Phi) is 5.04. The molecular weight excluding hydrogens is 412 g/mol. The number of anilines is 1. The van der Waals surface area contributed by atoms with Crippen molar-refractivity contribution in [3.05, 3.63) is 85.3 Å². The van der Waals surface area contributed by atoms with Crippen LogP contribution < -0.4 is 11.3 Å². The van der Waals surface area contributed by atoms with E-state index in [1.54, 1.807) is 18.2 Å². The van der Waals surface area contributed by atoms with E-state index in [0.29, 0.717) is 22.0 Å². The van der Waals surface area contributed by atoms with Crippen molar-refractivity contribution < 1.29 is 9.53 Å². The Morgan fingerprint density at radius 2 is 2.00 bits per heavy atom. The smallest absolute Gasteiger partial charge is 0.283 e. The molecule has 0 amide bonds. The number of hydrogen-bond acceptors (Lipinski definition) is 7. The van der Waals surface area contributed by atoms with Gasteiger partial charge in [-0.2, -0.15) is 14.6 Å². The molecule has 0 aliphatic heterocycles. The summed E-state index contributed by atoms with van der Waals surface area (Å²) in [6, 6.07) is 7.46. The molecule has 146 valence electrons. The van der Waals surface area contributed by atoms with Crippen LogP contribution in [0.5, 0.6) is 0 Å². The van der Waals surface area contributed by atoms with Gasteiger partial charge in [0.05, 0.1) is 12.7 Å². The molecule has 9 heteroatoms. The second-order valence-corrected chi connectivity index (χ2v) is 7.74. The first-order valence-corrected chi connectivity index (χ1v) is 9.76. The molecule has 7 nitrogen and oxygen atoms in total. The maximum Gasteiger partial charge on any atom is 0.283 e. The standard InChI is InChI=1S/C20H15ClN4O3S/c1-28-16-9-12(4-7-15(16)26)8-14-18(22)25-20(23-19(14)27)29-17(24-25)10-11-2-5-13(21)6-3-11/h2-9H,10,22H2,1H3/b12-8+. The fourth-order valence-corrected chi connectivity index (χ4v) is 3.90. The molecule has 0 saturated heterocycles. The third kappa shape index (κ3) is 3.85. The second-order valence-electron chi connectivity index (χ2n) is 6.26. The molecule has 1 aliphatic rings. The summed E-state index contributed by atoms with van der Waals surface area (Å²) in [5, 5.41) is 5.93. The van der Waals surface area contributed by atoms with Gasteiger partial charge >= 0.3 is 0 Å². The van der Waals surface area contributed by atoms with Crippen LogP contribution in [-0.2, 0) is 16.0 Å². The lowest BCUT2D eigenvalue weighted by Crippen LogP contribution is -2.17. The fraction of sp³-hybridized carbons (Fsp3) is 0.100. The van der Waals surface area contributed by atoms with E-state index >= 15 is 0 Å². The van der Waals surface area contributed by atoms with Crippen LogP contribution in [0.2, 0.25) is 5.02 Å². The Labute approximate surface area is 174 Å². The number of ketones is 1. The molecule has 0 radical (unpaired) electrons. The summed E-state index contributed by atoms with van der Waals surface area (Å²) in [5.74, 6) is 0.128. The molecule has 0 atom stereocenters. The van der Waals surface area contributed by atoms with Crippen LogP contribution in [0.4, 0.5) is 5.82 Å². The number of methoxy groups -OCH3 is 1. The van der Waals surface area contributed by atoms with Gasteiger partial charge in [-0.1, -0.05) is 41.1 Å². The number of allylic oxidation sites excluding steroid dienone is 4. The minimum absolute atomic E-state index is 0.184. The first kappa shape index (κ1) is 19.1. The Morgan fingerprint density at radius 1 is 1.24 bits per heavy atom. The zero-order valence-corrected chi connectivity index (χ0v) is 16.8. The Hall–Kier alpha value is -3.23. The topological polar surface area (TPSA) is 99.6 Å². The molecule has 2 aromatic heterocycles. The van der Waals surface area contributed by atoms with Gasteiger partial charge in [0, 0.05) is 11.4 Å². The highest BCUT2D eigenvalue weighted by molar-refractivity contribution is 7.16. The van der Waals surface area contributed by atoms with Crippen molar-refractivity contribution in [3.63, 3.8) is 0 Å². The number of rotatable bonds is 4. The van der Waals surface area contributed by atoms with E-state index in [1.165, 1.54) is 29.0 Å². The van der Waals surface area contributed by atoms with E-state index in [9.17, 15) is 9.59 Å². The highest BCUT2D eigenvalue weighted by atomic mass is 35.5. The summed E-state index contributed by atoms with van der Waals surface area (Å²) in [6.45, 7) is 0. The lowest BCUT2D eigenvalue weighted by molar-refractivity contribution is -0.114. The maximum absolute atomic E-state index is 12.5. The number of ether oxygens (including phenoxy) is 1. The van der Waals surface area contributed by atoms with Crippen LogP contribution >= 0.6 is 22.9 Å². The number of nitrogen functional groups attached to an aromatic ring is 1. The zero-order chi connectivity index (χ0) is 20.5. The number of carbonyl (C=O) groups excluding carboxylic acids is 1. The summed E-state index contributed by atoms with van der Waals surface area (Å²) in [5.41, 5.74) is 7.59. The molecule has 0 bridgehead atoms. The Bertz CT molecular complexity index is 1270. The van der Waals surface area contributed by atoms with Gasteiger partial charge in [-0.15, -0.1) is 0 Å². The van der Waals surface area contributed by atoms with Crippen LogP contribution in [0.25, 0.3) is 11.0 Å². The van der Waals surface area contributed by atoms with Crippen LogP contribution in [-0.4, -0.2) is 27.5 Å². The molecule has 3 aromatic rings. The van der Waals surface area contributed by atoms with Crippen molar-refractivity contribution in [2.45, 2.75) is 6.42 Å². The predicted octanol–water partition coefficient (Wildman–Crippen LogP) is 3.03. The Morgan fingerprint density at radius 3 is 2.72 bits per heavy atom. The molecule has 1 aromatic carbocycles. The van der Waals surface area contributed by atoms with Crippen LogP contribution in [0.15, 0.2) is 58.6 Å². The van der Waals surface area contributed by atoms with E-state index in [1.807, 2.05) is 24.3 Å². The van der Waals surface area contributed by atoms with Gasteiger partial charge in [0.2, 0.25) is 10.7 Å². The van der Waals surface area contributed by atoms with Crippen LogP contribution in [0, 0.1) is 0 Å². The van der Waals surface area contributed by atoms with Gasteiger partial charge in [-0.25, -0.2) is 0 Å². The Balaban J connectivity index is 1.73. The van der Waals surface area contributed by atoms with Gasteiger partial charge in [-0.3, -0.25) is 9.59 Å². The van der Waals surface area contributed by atoms with Crippen molar-refractivity contribution in [2.75, 3.05) is 12.8 Å². The number of aromatic nitrogens is 3. The minimum atomic E-state index is -0.464. The first-order valence-electron chi connectivity index (χ1n) is 8.57. The molecule has 0 spiro atoms. The van der Waals surface area contributed by atoms with Crippen molar-refractivity contribution in [2.24, 2.45) is 0 Å². The van der Waals surface area contributed by atoms with E-state index < -0.39 is 5.56 Å². The lowest BCUT2D eigenvalue weighted by Gasteiger charge is -2.08. The van der Waals surface area contributed by atoms with Crippen LogP contribution in [0.1, 0.15) is 16.1 Å². The number of fused-ring (bicyclic) bond motifs is 1. The summed E-state index contributed by atoms with van der Waals surface area (Å²) in [4.78, 5) is 28.7. The van der Waals surface area contributed by atoms with E-state index in [2.05, 4.69) is 10.1 Å². The predicted molar refractivity (Wildman–Crippen MR) is 113 cm³/mol. The normalized spacial score (nSPS) is 15.2. The fourth-order valence-electron chi connectivity index (χ4n) is 2.85. The molecule has 2 N–H and O–H groups in total. The quantitative estimate of drug-likeness (QED) is 0.688. The van der Waals surface area contributed by atoms with Crippen molar-refractivity contribution in [1.29, 1.82) is 0 Å². The highest BCUT2D eigenvalue weighted by Gasteiger charge is 2.16. The molecule has 2 heterocycles. The van der Waals surface area contributed by atoms with E-state index in [4.69, 9.17) is 22.1 Å². The van der Waals surface area contributed by atoms with Gasteiger partial charge in [-0.05, 0) is 41.5 Å². The maximum atomic E-state index is 12.5. The molecule has 29 heavy (non-hydrogen) atoms. The van der Waals surface area contributed by atoms with Gasteiger partial charge < -0.3 is 10.5 Å². The third-order valence-corrected chi connectivity index (χ3v) is 5.46. The average Bonchev–Trinajstić information content (AvgIpc) is 3.10. The molecule has 0 unspecified atom stereocenters. The lowest BCUT2D eigenvalue weighted by atomic mass is 10.0. The number of hydrogen-bond donors (Lipinski definition) is 1. The van der Waals surface area contributed by atoms with Gasteiger partial charge in [0.15, 0.2) is 5.76 Å². The number of benzene rings is 1. The molecular formula is C20H15ClN4O3S. The number of nitrogens with two attached hydrogens (primary N) is 1. The summed E-state index contributed by atoms with van der Waals surface area (Å²) in [6.07, 6.45) is 6.64. The molecule has 1 aliphatic carbocycles. The summed E-state index contributed by atoms with van der Waals surface area (Å²) < 4.78 is 6.50. The summed E-state index contributed by atoms with van der Waals surface area (Å²) >= 11 is 7.22. The second kappa shape index (κ2) is 7.65. The van der Waals surface area contributed by atoms with Gasteiger partial charge in [0.25, 0.3) is 5.56 Å². The van der Waals surface area contributed by atoms with Crippen LogP contribution in [0.3, 0.4) is 0 Å². The van der Waals surface area contributed by atoms with Crippen molar-refractivity contribution in [1.82, 2.24) is 14.6 Å². The molecule has 0 fully saturated rings. The largest absolute Gasteiger partial charge is 0.493 e. The average molecular weight is 427 g/mol. The van der Waals surface area contributed by atoms with Crippen molar-refractivity contribution >= 4 is 45.6 Å². The first-order chi connectivity index (χ1) is 13.9. The van der Waals surface area contributed by atoms with E-state index in [0.717, 1.165) is 10.6 Å².